The summed E-state index contributed by atoms with van der Waals surface area (Å²) in [4.78, 5) is 13.9. The third-order valence-electron chi connectivity index (χ3n) is 3.33. The minimum absolute atomic E-state index is 0.242. The summed E-state index contributed by atoms with van der Waals surface area (Å²) in [7, 11) is 0. The summed E-state index contributed by atoms with van der Waals surface area (Å²) >= 11 is 0. The Balaban J connectivity index is 2.79. The third-order valence-corrected chi connectivity index (χ3v) is 3.33. The molecule has 2 amide bonds. The molecule has 0 bridgehead atoms. The van der Waals surface area contributed by atoms with Crippen molar-refractivity contribution in [3.05, 3.63) is 35.4 Å². The Morgan fingerprint density at radius 2 is 1.82 bits per heavy atom. The Morgan fingerprint density at radius 3 is 2.32 bits per heavy atom. The van der Waals surface area contributed by atoms with Gasteiger partial charge in [0.15, 0.2) is 0 Å². The second-order valence-electron chi connectivity index (χ2n) is 5.28. The Morgan fingerprint density at radius 1 is 1.23 bits per heavy atom. The van der Waals surface area contributed by atoms with Crippen molar-refractivity contribution < 1.29 is 18.0 Å². The van der Waals surface area contributed by atoms with Crippen LogP contribution in [-0.2, 0) is 6.18 Å². The molecular formula is C16H23F3N2O. The van der Waals surface area contributed by atoms with E-state index in [1.165, 1.54) is 6.07 Å². The number of hydrogen-bond donors (Lipinski definition) is 1. The predicted octanol–water partition coefficient (Wildman–Crippen LogP) is 4.60. The van der Waals surface area contributed by atoms with E-state index >= 15 is 0 Å². The standard InChI is InChI=1S/C16H23F3N2O/c1-4-9-21(10-5-2)15(22)20-12(3)13-7-6-8-14(11-13)16(17,18)19/h6-8,11-12H,4-5,9-10H2,1-3H3,(H,20,22). The lowest BCUT2D eigenvalue weighted by atomic mass is 10.1. The number of carbonyl (C=O) groups excluding carboxylic acids is 1. The number of nitrogens with one attached hydrogen (secondary N) is 1. The van der Waals surface area contributed by atoms with Crippen LogP contribution in [0.25, 0.3) is 0 Å². The van der Waals surface area contributed by atoms with E-state index in [-0.39, 0.29) is 6.03 Å². The molecule has 0 aliphatic rings. The zero-order chi connectivity index (χ0) is 16.8. The maximum atomic E-state index is 12.7. The van der Waals surface area contributed by atoms with Crippen molar-refractivity contribution in [2.45, 2.75) is 45.8 Å². The van der Waals surface area contributed by atoms with E-state index in [9.17, 15) is 18.0 Å². The Hall–Kier alpha value is -1.72. The molecule has 0 aliphatic carbocycles. The zero-order valence-corrected chi connectivity index (χ0v) is 13.2. The first-order valence-corrected chi connectivity index (χ1v) is 7.52. The summed E-state index contributed by atoms with van der Waals surface area (Å²) in [5, 5.41) is 2.76. The number of urea groups is 1. The van der Waals surface area contributed by atoms with E-state index in [4.69, 9.17) is 0 Å². The zero-order valence-electron chi connectivity index (χ0n) is 13.2. The van der Waals surface area contributed by atoms with Crippen molar-refractivity contribution >= 4 is 6.03 Å². The first-order chi connectivity index (χ1) is 10.3. The molecule has 1 aromatic carbocycles. The summed E-state index contributed by atoms with van der Waals surface area (Å²) in [5.41, 5.74) is -0.263. The minimum Gasteiger partial charge on any atom is -0.331 e. The Bertz CT molecular complexity index is 483. The molecule has 22 heavy (non-hydrogen) atoms. The van der Waals surface area contributed by atoms with E-state index < -0.39 is 17.8 Å². The van der Waals surface area contributed by atoms with E-state index in [1.807, 2.05) is 13.8 Å². The molecule has 1 unspecified atom stereocenters. The van der Waals surface area contributed by atoms with E-state index in [0.29, 0.717) is 18.7 Å². The lowest BCUT2D eigenvalue weighted by Crippen LogP contribution is -2.41. The predicted molar refractivity (Wildman–Crippen MR) is 80.5 cm³/mol. The van der Waals surface area contributed by atoms with Crippen LogP contribution in [0.5, 0.6) is 0 Å². The van der Waals surface area contributed by atoms with E-state index in [1.54, 1.807) is 17.9 Å². The van der Waals surface area contributed by atoms with Gasteiger partial charge in [-0.2, -0.15) is 13.2 Å². The van der Waals surface area contributed by atoms with Gasteiger partial charge in [-0.1, -0.05) is 26.0 Å². The van der Waals surface area contributed by atoms with Crippen LogP contribution >= 0.6 is 0 Å². The molecule has 0 aliphatic heterocycles. The highest BCUT2D eigenvalue weighted by Gasteiger charge is 2.30. The van der Waals surface area contributed by atoms with Crippen LogP contribution in [0, 0.1) is 0 Å². The van der Waals surface area contributed by atoms with Gasteiger partial charge < -0.3 is 10.2 Å². The molecule has 0 heterocycles. The Labute approximate surface area is 129 Å². The number of benzene rings is 1. The summed E-state index contributed by atoms with van der Waals surface area (Å²) in [5.74, 6) is 0. The largest absolute Gasteiger partial charge is 0.416 e. The van der Waals surface area contributed by atoms with Gasteiger partial charge in [0.25, 0.3) is 0 Å². The smallest absolute Gasteiger partial charge is 0.331 e. The van der Waals surface area contributed by atoms with Crippen LogP contribution in [0.3, 0.4) is 0 Å². The molecule has 1 N–H and O–H groups in total. The van der Waals surface area contributed by atoms with Gasteiger partial charge >= 0.3 is 12.2 Å². The second kappa shape index (κ2) is 8.06. The topological polar surface area (TPSA) is 32.3 Å². The summed E-state index contributed by atoms with van der Waals surface area (Å²) in [6.07, 6.45) is -2.70. The number of amides is 2. The van der Waals surface area contributed by atoms with Gasteiger partial charge in [0, 0.05) is 13.1 Å². The number of hydrogen-bond acceptors (Lipinski definition) is 1. The number of halogens is 3. The molecule has 0 radical (unpaired) electrons. The van der Waals surface area contributed by atoms with Crippen molar-refractivity contribution in [2.24, 2.45) is 0 Å². The van der Waals surface area contributed by atoms with Gasteiger partial charge in [0.2, 0.25) is 0 Å². The fourth-order valence-corrected chi connectivity index (χ4v) is 2.20. The molecule has 0 spiro atoms. The highest BCUT2D eigenvalue weighted by Crippen LogP contribution is 2.30. The van der Waals surface area contributed by atoms with Gasteiger partial charge in [0.05, 0.1) is 11.6 Å². The normalized spacial score (nSPS) is 12.8. The molecule has 6 heteroatoms. The maximum absolute atomic E-state index is 12.7. The van der Waals surface area contributed by atoms with Gasteiger partial charge in [-0.25, -0.2) is 4.79 Å². The van der Waals surface area contributed by atoms with Crippen molar-refractivity contribution in [3.63, 3.8) is 0 Å². The highest BCUT2D eigenvalue weighted by atomic mass is 19.4. The second-order valence-corrected chi connectivity index (χ2v) is 5.28. The first-order valence-electron chi connectivity index (χ1n) is 7.52. The van der Waals surface area contributed by atoms with Crippen molar-refractivity contribution in [3.8, 4) is 0 Å². The summed E-state index contributed by atoms with van der Waals surface area (Å²) < 4.78 is 38.2. The lowest BCUT2D eigenvalue weighted by Gasteiger charge is -2.25. The number of carbonyl (C=O) groups is 1. The average molecular weight is 316 g/mol. The molecule has 3 nitrogen and oxygen atoms in total. The number of nitrogens with zero attached hydrogens (tertiary/aromatic N) is 1. The molecule has 0 saturated carbocycles. The molecule has 124 valence electrons. The summed E-state index contributed by atoms with van der Waals surface area (Å²) in [6, 6.07) is 4.33. The van der Waals surface area contributed by atoms with Gasteiger partial charge in [-0.05, 0) is 37.5 Å². The minimum atomic E-state index is -4.38. The molecule has 1 atom stereocenters. The van der Waals surface area contributed by atoms with E-state index in [0.717, 1.165) is 25.0 Å². The van der Waals surface area contributed by atoms with Crippen molar-refractivity contribution in [2.75, 3.05) is 13.1 Å². The quantitative estimate of drug-likeness (QED) is 0.817. The third kappa shape index (κ3) is 5.24. The molecule has 0 fully saturated rings. The number of rotatable bonds is 6. The van der Waals surface area contributed by atoms with Gasteiger partial charge in [0.1, 0.15) is 0 Å². The molecule has 0 saturated heterocycles. The average Bonchev–Trinajstić information content (AvgIpc) is 2.46. The van der Waals surface area contributed by atoms with Gasteiger partial charge in [-0.3, -0.25) is 0 Å². The molecule has 1 rings (SSSR count). The van der Waals surface area contributed by atoms with Crippen LogP contribution in [0.2, 0.25) is 0 Å². The molecule has 0 aromatic heterocycles. The molecular weight excluding hydrogens is 293 g/mol. The van der Waals surface area contributed by atoms with Crippen molar-refractivity contribution in [1.82, 2.24) is 10.2 Å². The molecule has 1 aromatic rings. The van der Waals surface area contributed by atoms with Crippen LogP contribution in [-0.4, -0.2) is 24.0 Å². The van der Waals surface area contributed by atoms with Crippen LogP contribution in [0.15, 0.2) is 24.3 Å². The maximum Gasteiger partial charge on any atom is 0.416 e. The summed E-state index contributed by atoms with van der Waals surface area (Å²) in [6.45, 7) is 6.91. The van der Waals surface area contributed by atoms with E-state index in [2.05, 4.69) is 5.32 Å². The first kappa shape index (κ1) is 18.3. The van der Waals surface area contributed by atoms with Crippen LogP contribution in [0.1, 0.15) is 50.8 Å². The van der Waals surface area contributed by atoms with Crippen LogP contribution < -0.4 is 5.32 Å². The Kier molecular flexibility index (Phi) is 6.71. The number of alkyl halides is 3. The van der Waals surface area contributed by atoms with Crippen molar-refractivity contribution in [1.29, 1.82) is 0 Å². The SMILES string of the molecule is CCCN(CCC)C(=O)NC(C)c1cccc(C(F)(F)F)c1. The van der Waals surface area contributed by atoms with Gasteiger partial charge in [-0.15, -0.1) is 0 Å². The van der Waals surface area contributed by atoms with Crippen LogP contribution in [0.4, 0.5) is 18.0 Å². The lowest BCUT2D eigenvalue weighted by molar-refractivity contribution is -0.137. The fourth-order valence-electron chi connectivity index (χ4n) is 2.20. The fraction of sp³-hybridized carbons (Fsp3) is 0.562. The highest BCUT2D eigenvalue weighted by molar-refractivity contribution is 5.74. The monoisotopic (exact) mass is 316 g/mol.